The van der Waals surface area contributed by atoms with Crippen molar-refractivity contribution in [1.82, 2.24) is 20.3 Å². The lowest BCUT2D eigenvalue weighted by molar-refractivity contribution is 0.391. The molecule has 0 saturated carbocycles. The average molecular weight is 248 g/mol. The van der Waals surface area contributed by atoms with Crippen LogP contribution in [0.5, 0.6) is 0 Å². The topological polar surface area (TPSA) is 55.9 Å². The molecule has 0 radical (unpaired) electrons. The molecule has 0 spiro atoms. The van der Waals surface area contributed by atoms with E-state index < -0.39 is 0 Å². The highest BCUT2D eigenvalue weighted by molar-refractivity contribution is 5.21. The number of hydrogen-bond donors (Lipinski definition) is 1. The zero-order chi connectivity index (χ0) is 13.1. The standard InChI is InChI=1S/C13H20N4O/c1-5-17-8-12(6-15-17)9(2)14-7-13-10(3)16-18-11(13)4/h6,8-9,14H,5,7H2,1-4H3. The summed E-state index contributed by atoms with van der Waals surface area (Å²) in [5.41, 5.74) is 3.30. The molecule has 2 heterocycles. The first-order valence-electron chi connectivity index (χ1n) is 6.29. The Bertz CT molecular complexity index is 495. The third-order valence-electron chi connectivity index (χ3n) is 3.24. The number of nitrogens with zero attached hydrogens (tertiary/aromatic N) is 3. The lowest BCUT2D eigenvalue weighted by Gasteiger charge is -2.11. The minimum absolute atomic E-state index is 0.263. The van der Waals surface area contributed by atoms with Gasteiger partial charge in [-0.25, -0.2) is 0 Å². The second-order valence-electron chi connectivity index (χ2n) is 4.53. The number of aromatic nitrogens is 3. The van der Waals surface area contributed by atoms with Gasteiger partial charge in [-0.05, 0) is 27.7 Å². The van der Waals surface area contributed by atoms with E-state index in [-0.39, 0.29) is 6.04 Å². The average Bonchev–Trinajstić information content (AvgIpc) is 2.95. The highest BCUT2D eigenvalue weighted by Gasteiger charge is 2.12. The number of nitrogens with one attached hydrogen (secondary N) is 1. The van der Waals surface area contributed by atoms with E-state index in [0.29, 0.717) is 0 Å². The molecule has 0 bridgehead atoms. The maximum absolute atomic E-state index is 5.15. The largest absolute Gasteiger partial charge is 0.361 e. The normalized spacial score (nSPS) is 12.9. The molecule has 1 unspecified atom stereocenters. The van der Waals surface area contributed by atoms with Gasteiger partial charge in [0.15, 0.2) is 0 Å². The van der Waals surface area contributed by atoms with Crippen molar-refractivity contribution in [3.05, 3.63) is 35.0 Å². The summed E-state index contributed by atoms with van der Waals surface area (Å²) in [6.45, 7) is 9.79. The molecule has 2 aromatic rings. The van der Waals surface area contributed by atoms with E-state index in [2.05, 4.69) is 35.6 Å². The summed E-state index contributed by atoms with van der Waals surface area (Å²) in [6, 6.07) is 0.263. The van der Waals surface area contributed by atoms with Crippen molar-refractivity contribution in [2.24, 2.45) is 0 Å². The highest BCUT2D eigenvalue weighted by atomic mass is 16.5. The Labute approximate surface area is 107 Å². The Kier molecular flexibility index (Phi) is 3.81. The van der Waals surface area contributed by atoms with Crippen LogP contribution in [0.25, 0.3) is 0 Å². The fourth-order valence-electron chi connectivity index (χ4n) is 1.90. The maximum Gasteiger partial charge on any atom is 0.138 e. The molecule has 2 aromatic heterocycles. The number of hydrogen-bond acceptors (Lipinski definition) is 4. The van der Waals surface area contributed by atoms with Crippen LogP contribution in [0, 0.1) is 13.8 Å². The van der Waals surface area contributed by atoms with Crippen LogP contribution in [-0.2, 0) is 13.1 Å². The van der Waals surface area contributed by atoms with Crippen molar-refractivity contribution in [3.8, 4) is 0 Å². The summed E-state index contributed by atoms with van der Waals surface area (Å²) in [5, 5.41) is 11.7. The molecule has 5 nitrogen and oxygen atoms in total. The molecular weight excluding hydrogens is 228 g/mol. The molecule has 2 rings (SSSR count). The molecule has 0 aliphatic heterocycles. The fourth-order valence-corrected chi connectivity index (χ4v) is 1.90. The van der Waals surface area contributed by atoms with Crippen LogP contribution in [0.4, 0.5) is 0 Å². The van der Waals surface area contributed by atoms with E-state index in [1.54, 1.807) is 0 Å². The smallest absolute Gasteiger partial charge is 0.138 e. The van der Waals surface area contributed by atoms with Crippen molar-refractivity contribution >= 4 is 0 Å². The Hall–Kier alpha value is -1.62. The summed E-state index contributed by atoms with van der Waals surface area (Å²) < 4.78 is 7.08. The van der Waals surface area contributed by atoms with Gasteiger partial charge in [0, 0.05) is 36.5 Å². The van der Waals surface area contributed by atoms with Crippen molar-refractivity contribution in [2.45, 2.75) is 46.8 Å². The highest BCUT2D eigenvalue weighted by Crippen LogP contribution is 2.15. The Morgan fingerprint density at radius 1 is 1.44 bits per heavy atom. The zero-order valence-electron chi connectivity index (χ0n) is 11.4. The van der Waals surface area contributed by atoms with Crippen molar-refractivity contribution in [3.63, 3.8) is 0 Å². The summed E-state index contributed by atoms with van der Waals surface area (Å²) in [5.74, 6) is 0.886. The molecule has 0 aromatic carbocycles. The van der Waals surface area contributed by atoms with Crippen LogP contribution >= 0.6 is 0 Å². The zero-order valence-corrected chi connectivity index (χ0v) is 11.4. The van der Waals surface area contributed by atoms with Crippen molar-refractivity contribution in [1.29, 1.82) is 0 Å². The van der Waals surface area contributed by atoms with Gasteiger partial charge in [-0.3, -0.25) is 4.68 Å². The van der Waals surface area contributed by atoms with E-state index in [4.69, 9.17) is 4.52 Å². The minimum Gasteiger partial charge on any atom is -0.361 e. The summed E-state index contributed by atoms with van der Waals surface area (Å²) in [4.78, 5) is 0. The molecule has 5 heteroatoms. The predicted octanol–water partition coefficient (Wildman–Crippen LogP) is 2.36. The van der Waals surface area contributed by atoms with Gasteiger partial charge in [0.25, 0.3) is 0 Å². The van der Waals surface area contributed by atoms with Gasteiger partial charge in [0.05, 0.1) is 11.9 Å². The molecule has 1 N–H and O–H groups in total. The first-order chi connectivity index (χ1) is 8.61. The second-order valence-corrected chi connectivity index (χ2v) is 4.53. The molecule has 1 atom stereocenters. The van der Waals surface area contributed by atoms with Gasteiger partial charge in [-0.1, -0.05) is 5.16 Å². The third kappa shape index (κ3) is 2.61. The molecule has 18 heavy (non-hydrogen) atoms. The summed E-state index contributed by atoms with van der Waals surface area (Å²) in [6.07, 6.45) is 3.99. The van der Waals surface area contributed by atoms with E-state index in [0.717, 1.165) is 30.1 Å². The van der Waals surface area contributed by atoms with E-state index >= 15 is 0 Å². The lowest BCUT2D eigenvalue weighted by atomic mass is 10.1. The van der Waals surface area contributed by atoms with Crippen LogP contribution in [0.2, 0.25) is 0 Å². The second kappa shape index (κ2) is 5.35. The Balaban J connectivity index is 1.98. The number of aryl methyl sites for hydroxylation is 3. The van der Waals surface area contributed by atoms with Crippen LogP contribution in [0.15, 0.2) is 16.9 Å². The Morgan fingerprint density at radius 2 is 2.22 bits per heavy atom. The predicted molar refractivity (Wildman–Crippen MR) is 69.1 cm³/mol. The van der Waals surface area contributed by atoms with Crippen LogP contribution in [0.3, 0.4) is 0 Å². The maximum atomic E-state index is 5.15. The molecule has 0 aliphatic carbocycles. The molecule has 0 aliphatic rings. The van der Waals surface area contributed by atoms with Crippen LogP contribution in [0.1, 0.15) is 42.5 Å². The Morgan fingerprint density at radius 3 is 2.78 bits per heavy atom. The van der Waals surface area contributed by atoms with Crippen molar-refractivity contribution in [2.75, 3.05) is 0 Å². The molecular formula is C13H20N4O. The third-order valence-corrected chi connectivity index (χ3v) is 3.24. The molecule has 98 valence electrons. The van der Waals surface area contributed by atoms with Gasteiger partial charge < -0.3 is 9.84 Å². The SMILES string of the molecule is CCn1cc(C(C)NCc2c(C)noc2C)cn1. The number of rotatable bonds is 5. The summed E-state index contributed by atoms with van der Waals surface area (Å²) in [7, 11) is 0. The van der Waals surface area contributed by atoms with Crippen molar-refractivity contribution < 1.29 is 4.52 Å². The monoisotopic (exact) mass is 248 g/mol. The summed E-state index contributed by atoms with van der Waals surface area (Å²) >= 11 is 0. The lowest BCUT2D eigenvalue weighted by Crippen LogP contribution is -2.18. The quantitative estimate of drug-likeness (QED) is 0.882. The van der Waals surface area contributed by atoms with E-state index in [1.807, 2.05) is 24.7 Å². The van der Waals surface area contributed by atoms with Crippen LogP contribution in [-0.4, -0.2) is 14.9 Å². The van der Waals surface area contributed by atoms with Gasteiger partial charge >= 0.3 is 0 Å². The van der Waals surface area contributed by atoms with Gasteiger partial charge in [0.2, 0.25) is 0 Å². The molecule has 0 fully saturated rings. The van der Waals surface area contributed by atoms with E-state index in [9.17, 15) is 0 Å². The van der Waals surface area contributed by atoms with Gasteiger partial charge in [-0.15, -0.1) is 0 Å². The van der Waals surface area contributed by atoms with Crippen LogP contribution < -0.4 is 5.32 Å². The van der Waals surface area contributed by atoms with E-state index in [1.165, 1.54) is 5.56 Å². The molecule has 0 saturated heterocycles. The fraction of sp³-hybridized carbons (Fsp3) is 0.538. The minimum atomic E-state index is 0.263. The first-order valence-corrected chi connectivity index (χ1v) is 6.29. The van der Waals surface area contributed by atoms with Gasteiger partial charge in [0.1, 0.15) is 5.76 Å². The molecule has 0 amide bonds. The first kappa shape index (κ1) is 12.8. The van der Waals surface area contributed by atoms with Gasteiger partial charge in [-0.2, -0.15) is 5.10 Å².